The Kier molecular flexibility index (Phi) is 3.51. The third-order valence-electron chi connectivity index (χ3n) is 1.80. The van der Waals surface area contributed by atoms with Gasteiger partial charge in [0.1, 0.15) is 5.82 Å². The lowest BCUT2D eigenvalue weighted by Crippen LogP contribution is -2.33. The van der Waals surface area contributed by atoms with E-state index in [0.29, 0.717) is 0 Å². The molecule has 5 heteroatoms. The Morgan fingerprint density at radius 1 is 1.60 bits per heavy atom. The summed E-state index contributed by atoms with van der Waals surface area (Å²) in [7, 11) is 0. The molecule has 0 aliphatic carbocycles. The van der Waals surface area contributed by atoms with Crippen LogP contribution in [0.3, 0.4) is 0 Å². The molecular weight excluding hydrogens is 201 g/mol. The Labute approximate surface area is 85.5 Å². The lowest BCUT2D eigenvalue weighted by Gasteiger charge is -2.07. The molecule has 0 saturated heterocycles. The Hall–Kier alpha value is -1.75. The number of hydrogen-bond acceptors (Lipinski definition) is 3. The van der Waals surface area contributed by atoms with E-state index in [1.807, 2.05) is 0 Å². The Bertz CT molecular complexity index is 392. The third kappa shape index (κ3) is 2.85. The molecule has 0 fully saturated rings. The van der Waals surface area contributed by atoms with Gasteiger partial charge in [-0.2, -0.15) is 0 Å². The first-order valence-electron chi connectivity index (χ1n) is 4.20. The Morgan fingerprint density at radius 2 is 2.27 bits per heavy atom. The van der Waals surface area contributed by atoms with Gasteiger partial charge in [0.15, 0.2) is 5.78 Å². The molecule has 15 heavy (non-hydrogen) atoms. The summed E-state index contributed by atoms with van der Waals surface area (Å²) in [6, 6.07) is 4.96. The van der Waals surface area contributed by atoms with Crippen LogP contribution in [0.4, 0.5) is 4.39 Å². The molecule has 4 nitrogen and oxygen atoms in total. The van der Waals surface area contributed by atoms with Crippen LogP contribution in [0, 0.1) is 11.9 Å². The largest absolute Gasteiger partial charge is 0.481 e. The van der Waals surface area contributed by atoms with Gasteiger partial charge in [-0.1, -0.05) is 12.1 Å². The maximum Gasteiger partial charge on any atom is 0.305 e. The quantitative estimate of drug-likeness (QED) is 0.713. The molecule has 1 rings (SSSR count). The number of Topliss-reactive ketones (excluding diaryl/α,β-unsaturated/α-hetero) is 1. The van der Waals surface area contributed by atoms with Crippen molar-refractivity contribution < 1.29 is 19.1 Å². The van der Waals surface area contributed by atoms with Gasteiger partial charge in [0.25, 0.3) is 0 Å². The van der Waals surface area contributed by atoms with Crippen molar-refractivity contribution in [2.24, 2.45) is 5.73 Å². The molecule has 0 amide bonds. The lowest BCUT2D eigenvalue weighted by atomic mass is 10.0. The maximum absolute atomic E-state index is 13.1. The summed E-state index contributed by atoms with van der Waals surface area (Å²) in [5.41, 5.74) is 5.08. The van der Waals surface area contributed by atoms with E-state index in [1.165, 1.54) is 18.2 Å². The number of carbonyl (C=O) groups excluding carboxylic acids is 1. The number of carbonyl (C=O) groups is 2. The fourth-order valence-electron chi connectivity index (χ4n) is 1.09. The average molecular weight is 210 g/mol. The molecule has 3 N–H and O–H groups in total. The van der Waals surface area contributed by atoms with E-state index < -0.39 is 30.0 Å². The van der Waals surface area contributed by atoms with Crippen LogP contribution in [0.2, 0.25) is 0 Å². The van der Waals surface area contributed by atoms with Crippen LogP contribution in [0.1, 0.15) is 16.8 Å². The Balaban J connectivity index is 2.85. The predicted octanol–water partition coefficient (Wildman–Crippen LogP) is 0.611. The SMILES string of the molecule is N[C@@H](CC(=O)O)C(=O)c1ccc[c]c1F. The van der Waals surface area contributed by atoms with E-state index in [2.05, 4.69) is 6.07 Å². The molecule has 0 unspecified atom stereocenters. The highest BCUT2D eigenvalue weighted by Crippen LogP contribution is 2.09. The van der Waals surface area contributed by atoms with Gasteiger partial charge in [0.05, 0.1) is 18.0 Å². The molecule has 0 saturated carbocycles. The molecule has 1 atom stereocenters. The topological polar surface area (TPSA) is 80.4 Å². The first-order chi connectivity index (χ1) is 7.02. The smallest absolute Gasteiger partial charge is 0.305 e. The highest BCUT2D eigenvalue weighted by atomic mass is 19.1. The maximum atomic E-state index is 13.1. The Morgan fingerprint density at radius 3 is 2.80 bits per heavy atom. The molecule has 0 aromatic heterocycles. The minimum Gasteiger partial charge on any atom is -0.481 e. The number of hydrogen-bond donors (Lipinski definition) is 2. The minimum absolute atomic E-state index is 0.230. The van der Waals surface area contributed by atoms with Crippen molar-refractivity contribution in [3.63, 3.8) is 0 Å². The summed E-state index contributed by atoms with van der Waals surface area (Å²) in [4.78, 5) is 21.7. The molecule has 0 spiro atoms. The molecule has 1 aromatic rings. The second-order valence-electron chi connectivity index (χ2n) is 2.97. The van der Waals surface area contributed by atoms with Crippen LogP contribution >= 0.6 is 0 Å². The van der Waals surface area contributed by atoms with Gasteiger partial charge in [0, 0.05) is 6.07 Å². The number of aliphatic carboxylic acids is 1. The van der Waals surface area contributed by atoms with E-state index in [9.17, 15) is 14.0 Å². The predicted molar refractivity (Wildman–Crippen MR) is 49.8 cm³/mol. The average Bonchev–Trinajstić information content (AvgIpc) is 2.16. The zero-order chi connectivity index (χ0) is 11.4. The van der Waals surface area contributed by atoms with Gasteiger partial charge in [0.2, 0.25) is 0 Å². The number of carboxylic acids is 1. The van der Waals surface area contributed by atoms with Crippen molar-refractivity contribution in [3.8, 4) is 0 Å². The van der Waals surface area contributed by atoms with Crippen LogP contribution in [-0.2, 0) is 4.79 Å². The summed E-state index contributed by atoms with van der Waals surface area (Å²) in [6.45, 7) is 0. The highest BCUT2D eigenvalue weighted by molar-refractivity contribution is 6.01. The van der Waals surface area contributed by atoms with Gasteiger partial charge >= 0.3 is 5.97 Å². The first-order valence-corrected chi connectivity index (χ1v) is 4.20. The summed E-state index contributed by atoms with van der Waals surface area (Å²) in [6.07, 6.45) is -0.521. The normalized spacial score (nSPS) is 12.1. The van der Waals surface area contributed by atoms with Crippen molar-refractivity contribution in [2.75, 3.05) is 0 Å². The fourth-order valence-corrected chi connectivity index (χ4v) is 1.09. The molecule has 1 radical (unpaired) electrons. The van der Waals surface area contributed by atoms with Gasteiger partial charge in [-0.15, -0.1) is 0 Å². The van der Waals surface area contributed by atoms with E-state index in [1.54, 1.807) is 0 Å². The van der Waals surface area contributed by atoms with Gasteiger partial charge in [-0.25, -0.2) is 4.39 Å². The summed E-state index contributed by atoms with van der Waals surface area (Å²) in [5.74, 6) is -2.74. The molecule has 79 valence electrons. The number of carboxylic acid groups (broad SMARTS) is 1. The summed E-state index contributed by atoms with van der Waals surface area (Å²) < 4.78 is 13.1. The van der Waals surface area contributed by atoms with Gasteiger partial charge < -0.3 is 10.8 Å². The monoisotopic (exact) mass is 210 g/mol. The third-order valence-corrected chi connectivity index (χ3v) is 1.80. The number of halogens is 1. The fraction of sp³-hybridized carbons (Fsp3) is 0.200. The molecule has 0 aliphatic heterocycles. The van der Waals surface area contributed by atoms with Crippen LogP contribution in [0.5, 0.6) is 0 Å². The first kappa shape index (κ1) is 11.3. The van der Waals surface area contributed by atoms with Crippen molar-refractivity contribution in [1.29, 1.82) is 0 Å². The van der Waals surface area contributed by atoms with Gasteiger partial charge in [-0.05, 0) is 6.07 Å². The summed E-state index contributed by atoms with van der Waals surface area (Å²) in [5, 5.41) is 8.42. The number of nitrogens with two attached hydrogens (primary N) is 1. The number of ketones is 1. The van der Waals surface area contributed by atoms with Crippen molar-refractivity contribution >= 4 is 11.8 Å². The highest BCUT2D eigenvalue weighted by Gasteiger charge is 2.21. The molecule has 0 heterocycles. The molecule has 1 aromatic carbocycles. The van der Waals surface area contributed by atoms with Crippen molar-refractivity contribution in [2.45, 2.75) is 12.5 Å². The lowest BCUT2D eigenvalue weighted by molar-refractivity contribution is -0.137. The molecule has 0 aliphatic rings. The summed E-state index contributed by atoms with van der Waals surface area (Å²) >= 11 is 0. The van der Waals surface area contributed by atoms with Crippen LogP contribution in [0.15, 0.2) is 18.2 Å². The van der Waals surface area contributed by atoms with E-state index >= 15 is 0 Å². The van der Waals surface area contributed by atoms with Crippen LogP contribution in [0.25, 0.3) is 0 Å². The standard InChI is InChI=1S/C10H9FNO3/c11-7-4-2-1-3-6(7)10(15)8(12)5-9(13)14/h1-3,8H,5,12H2,(H,13,14)/t8-/m0/s1. The van der Waals surface area contributed by atoms with Crippen LogP contribution in [-0.4, -0.2) is 22.9 Å². The van der Waals surface area contributed by atoms with Gasteiger partial charge in [-0.3, -0.25) is 9.59 Å². The second kappa shape index (κ2) is 4.65. The van der Waals surface area contributed by atoms with Crippen LogP contribution < -0.4 is 5.73 Å². The minimum atomic E-state index is -1.23. The van der Waals surface area contributed by atoms with Crippen molar-refractivity contribution in [1.82, 2.24) is 0 Å². The zero-order valence-corrected chi connectivity index (χ0v) is 7.74. The van der Waals surface area contributed by atoms with E-state index in [0.717, 1.165) is 0 Å². The van der Waals surface area contributed by atoms with Crippen molar-refractivity contribution in [3.05, 3.63) is 35.6 Å². The number of benzene rings is 1. The molecule has 0 bridgehead atoms. The number of rotatable bonds is 4. The van der Waals surface area contributed by atoms with E-state index in [-0.39, 0.29) is 5.56 Å². The van der Waals surface area contributed by atoms with E-state index in [4.69, 9.17) is 10.8 Å². The molecular formula is C10H9FNO3. The second-order valence-corrected chi connectivity index (χ2v) is 2.97. The zero-order valence-electron chi connectivity index (χ0n) is 7.74.